The van der Waals surface area contributed by atoms with E-state index < -0.39 is 6.43 Å². The summed E-state index contributed by atoms with van der Waals surface area (Å²) in [4.78, 5) is 16.3. The SMILES string of the molecule is O=C(NC1CCC(Nc2cccc3nc(C(F)F)cn23)CC1)c1ccc(Cl)cc1. The molecule has 0 saturated heterocycles. The van der Waals surface area contributed by atoms with Crippen molar-refractivity contribution in [1.29, 1.82) is 0 Å². The predicted octanol–water partition coefficient (Wildman–Crippen LogP) is 5.08. The summed E-state index contributed by atoms with van der Waals surface area (Å²) in [7, 11) is 0. The second kappa shape index (κ2) is 8.37. The van der Waals surface area contributed by atoms with Crippen LogP contribution in [-0.2, 0) is 0 Å². The lowest BCUT2D eigenvalue weighted by atomic mass is 9.91. The van der Waals surface area contributed by atoms with Crippen molar-refractivity contribution in [3.8, 4) is 0 Å². The highest BCUT2D eigenvalue weighted by Crippen LogP contribution is 2.25. The van der Waals surface area contributed by atoms with Crippen LogP contribution in [-0.4, -0.2) is 27.4 Å². The van der Waals surface area contributed by atoms with Gasteiger partial charge in [0.05, 0.1) is 0 Å². The van der Waals surface area contributed by atoms with Gasteiger partial charge in [0.25, 0.3) is 12.3 Å². The van der Waals surface area contributed by atoms with E-state index in [-0.39, 0.29) is 23.7 Å². The number of alkyl halides is 2. The van der Waals surface area contributed by atoms with Gasteiger partial charge in [-0.15, -0.1) is 0 Å². The molecule has 1 fully saturated rings. The monoisotopic (exact) mass is 418 g/mol. The number of imidazole rings is 1. The number of nitrogens with one attached hydrogen (secondary N) is 2. The van der Waals surface area contributed by atoms with Crippen LogP contribution >= 0.6 is 11.6 Å². The Bertz CT molecular complexity index is 998. The summed E-state index contributed by atoms with van der Waals surface area (Å²) in [5.41, 5.74) is 0.860. The Labute approximate surface area is 172 Å². The van der Waals surface area contributed by atoms with Gasteiger partial charge in [0.15, 0.2) is 0 Å². The average molecular weight is 419 g/mol. The van der Waals surface area contributed by atoms with Crippen molar-refractivity contribution in [1.82, 2.24) is 14.7 Å². The molecular weight excluding hydrogens is 398 g/mol. The Morgan fingerprint density at radius 1 is 1.07 bits per heavy atom. The fraction of sp³-hybridized carbons (Fsp3) is 0.333. The van der Waals surface area contributed by atoms with Gasteiger partial charge in [0, 0.05) is 28.9 Å². The first-order chi connectivity index (χ1) is 14.0. The molecule has 1 amide bonds. The number of rotatable bonds is 5. The minimum absolute atomic E-state index is 0.0965. The van der Waals surface area contributed by atoms with E-state index >= 15 is 0 Å². The van der Waals surface area contributed by atoms with Crippen LogP contribution in [0.15, 0.2) is 48.7 Å². The van der Waals surface area contributed by atoms with E-state index in [1.54, 1.807) is 40.8 Å². The van der Waals surface area contributed by atoms with Crippen LogP contribution in [0.2, 0.25) is 5.02 Å². The van der Waals surface area contributed by atoms with Crippen LogP contribution in [0.3, 0.4) is 0 Å². The lowest BCUT2D eigenvalue weighted by Gasteiger charge is -2.30. The van der Waals surface area contributed by atoms with E-state index in [1.807, 2.05) is 6.07 Å². The number of halogens is 3. The second-order valence-electron chi connectivity index (χ2n) is 7.28. The van der Waals surface area contributed by atoms with Gasteiger partial charge in [-0.25, -0.2) is 13.8 Å². The Balaban J connectivity index is 1.35. The van der Waals surface area contributed by atoms with Crippen molar-refractivity contribution < 1.29 is 13.6 Å². The topological polar surface area (TPSA) is 58.4 Å². The molecule has 0 unspecified atom stereocenters. The van der Waals surface area contributed by atoms with Gasteiger partial charge in [-0.2, -0.15) is 0 Å². The minimum atomic E-state index is -2.59. The normalized spacial score (nSPS) is 19.4. The number of carbonyl (C=O) groups excluding carboxylic acids is 1. The summed E-state index contributed by atoms with van der Waals surface area (Å²) in [5.74, 6) is 0.649. The molecule has 29 heavy (non-hydrogen) atoms. The summed E-state index contributed by atoms with van der Waals surface area (Å²) >= 11 is 5.86. The third-order valence-electron chi connectivity index (χ3n) is 5.26. The highest BCUT2D eigenvalue weighted by atomic mass is 35.5. The predicted molar refractivity (Wildman–Crippen MR) is 109 cm³/mol. The number of benzene rings is 1. The van der Waals surface area contributed by atoms with Crippen LogP contribution in [0.25, 0.3) is 5.65 Å². The van der Waals surface area contributed by atoms with Gasteiger partial charge < -0.3 is 10.6 Å². The van der Waals surface area contributed by atoms with Crippen molar-refractivity contribution in [2.75, 3.05) is 5.32 Å². The maximum atomic E-state index is 12.9. The van der Waals surface area contributed by atoms with Crippen molar-refractivity contribution in [3.63, 3.8) is 0 Å². The fourth-order valence-corrected chi connectivity index (χ4v) is 3.84. The Morgan fingerprint density at radius 3 is 2.45 bits per heavy atom. The molecule has 3 aromatic rings. The summed E-state index contributed by atoms with van der Waals surface area (Å²) in [5, 5.41) is 7.11. The maximum Gasteiger partial charge on any atom is 0.281 e. The van der Waals surface area contributed by atoms with E-state index in [0.29, 0.717) is 16.2 Å². The molecule has 0 bridgehead atoms. The number of hydrogen-bond acceptors (Lipinski definition) is 3. The van der Waals surface area contributed by atoms with Gasteiger partial charge >= 0.3 is 0 Å². The number of aromatic nitrogens is 2. The molecule has 8 heteroatoms. The number of nitrogens with zero attached hydrogens (tertiary/aromatic N) is 2. The molecule has 4 rings (SSSR count). The molecule has 2 N–H and O–H groups in total. The van der Waals surface area contributed by atoms with Crippen LogP contribution in [0.4, 0.5) is 14.6 Å². The second-order valence-corrected chi connectivity index (χ2v) is 7.72. The molecule has 0 radical (unpaired) electrons. The summed E-state index contributed by atoms with van der Waals surface area (Å²) in [6, 6.07) is 12.5. The maximum absolute atomic E-state index is 12.9. The first-order valence-electron chi connectivity index (χ1n) is 9.59. The zero-order chi connectivity index (χ0) is 20.4. The molecule has 1 aliphatic rings. The van der Waals surface area contributed by atoms with Gasteiger partial charge in [0.2, 0.25) is 0 Å². The van der Waals surface area contributed by atoms with Crippen molar-refractivity contribution in [2.24, 2.45) is 0 Å². The van der Waals surface area contributed by atoms with Crippen molar-refractivity contribution >= 4 is 29.0 Å². The van der Waals surface area contributed by atoms with E-state index in [0.717, 1.165) is 31.5 Å². The van der Waals surface area contributed by atoms with E-state index in [4.69, 9.17) is 11.6 Å². The molecule has 0 aliphatic heterocycles. The first-order valence-corrected chi connectivity index (χ1v) is 9.96. The van der Waals surface area contributed by atoms with E-state index in [1.165, 1.54) is 6.20 Å². The Hall–Kier alpha value is -2.67. The third kappa shape index (κ3) is 4.50. The molecule has 0 spiro atoms. The molecule has 1 saturated carbocycles. The number of hydrogen-bond donors (Lipinski definition) is 2. The van der Waals surface area contributed by atoms with Crippen LogP contribution < -0.4 is 10.6 Å². The molecule has 152 valence electrons. The zero-order valence-corrected chi connectivity index (χ0v) is 16.4. The first kappa shape index (κ1) is 19.6. The summed E-state index contributed by atoms with van der Waals surface area (Å²) < 4.78 is 27.6. The molecule has 2 aromatic heterocycles. The highest BCUT2D eigenvalue weighted by molar-refractivity contribution is 6.30. The van der Waals surface area contributed by atoms with Gasteiger partial charge in [-0.3, -0.25) is 9.20 Å². The highest BCUT2D eigenvalue weighted by Gasteiger charge is 2.23. The molecule has 0 atom stereocenters. The van der Waals surface area contributed by atoms with Gasteiger partial charge in [-0.1, -0.05) is 17.7 Å². The van der Waals surface area contributed by atoms with Crippen LogP contribution in [0, 0.1) is 0 Å². The largest absolute Gasteiger partial charge is 0.368 e. The quantitative estimate of drug-likeness (QED) is 0.607. The van der Waals surface area contributed by atoms with Crippen LogP contribution in [0.5, 0.6) is 0 Å². The molecule has 2 heterocycles. The van der Waals surface area contributed by atoms with Crippen molar-refractivity contribution in [3.05, 3.63) is 64.9 Å². The standard InChI is InChI=1S/C21H21ClF2N4O/c22-14-6-4-13(5-7-14)21(29)26-16-10-8-15(9-11-16)25-18-2-1-3-19-27-17(20(23)24)12-28(18)19/h1-7,12,15-16,20,25H,8-11H2,(H,26,29). The molecule has 1 aromatic carbocycles. The Morgan fingerprint density at radius 2 is 1.76 bits per heavy atom. The lowest BCUT2D eigenvalue weighted by molar-refractivity contribution is 0.0926. The number of carbonyl (C=O) groups is 1. The smallest absolute Gasteiger partial charge is 0.281 e. The number of fused-ring (bicyclic) bond motifs is 1. The number of pyridine rings is 1. The summed E-state index contributed by atoms with van der Waals surface area (Å²) in [6.07, 6.45) is 2.22. The number of amides is 1. The lowest BCUT2D eigenvalue weighted by Crippen LogP contribution is -2.40. The third-order valence-corrected chi connectivity index (χ3v) is 5.51. The average Bonchev–Trinajstić information content (AvgIpc) is 3.16. The van der Waals surface area contributed by atoms with E-state index in [2.05, 4.69) is 15.6 Å². The Kier molecular flexibility index (Phi) is 5.67. The number of anilines is 1. The van der Waals surface area contributed by atoms with Crippen molar-refractivity contribution in [2.45, 2.75) is 44.2 Å². The summed E-state index contributed by atoms with van der Waals surface area (Å²) in [6.45, 7) is 0. The molecule has 5 nitrogen and oxygen atoms in total. The van der Waals surface area contributed by atoms with Gasteiger partial charge in [0.1, 0.15) is 17.2 Å². The zero-order valence-electron chi connectivity index (χ0n) is 15.6. The van der Waals surface area contributed by atoms with E-state index in [9.17, 15) is 13.6 Å². The van der Waals surface area contributed by atoms with Gasteiger partial charge in [-0.05, 0) is 62.1 Å². The molecule has 1 aliphatic carbocycles. The molecular formula is C21H21ClF2N4O. The fourth-order valence-electron chi connectivity index (χ4n) is 3.71. The minimum Gasteiger partial charge on any atom is -0.368 e. The van der Waals surface area contributed by atoms with Crippen LogP contribution in [0.1, 0.15) is 48.2 Å².